The van der Waals surface area contributed by atoms with Crippen molar-refractivity contribution < 1.29 is 14.7 Å². The molecule has 1 amide bonds. The lowest BCUT2D eigenvalue weighted by atomic mass is 10.1. The topological polar surface area (TPSA) is 79.3 Å². The summed E-state index contributed by atoms with van der Waals surface area (Å²) in [4.78, 5) is 26.3. The highest BCUT2D eigenvalue weighted by molar-refractivity contribution is 6.29. The standard InChI is InChI=1S/C11H13ClN2O3/c1-2-3-8(11(16)17)14-10(15)7-4-5-9(12)13-6-7/h4-6,8H,2-3H2,1H3,(H,14,15)(H,16,17)/t8-/m1/s1. The predicted octanol–water partition coefficient (Wildman–Crippen LogP) is 1.72. The van der Waals surface area contributed by atoms with E-state index in [1.807, 2.05) is 6.92 Å². The molecule has 1 rings (SSSR count). The van der Waals surface area contributed by atoms with E-state index in [1.165, 1.54) is 18.3 Å². The third-order valence-electron chi connectivity index (χ3n) is 2.17. The number of amides is 1. The highest BCUT2D eigenvalue weighted by Gasteiger charge is 2.19. The third-order valence-corrected chi connectivity index (χ3v) is 2.39. The van der Waals surface area contributed by atoms with E-state index in [4.69, 9.17) is 16.7 Å². The fourth-order valence-corrected chi connectivity index (χ4v) is 1.41. The van der Waals surface area contributed by atoms with Gasteiger partial charge in [0, 0.05) is 6.20 Å². The van der Waals surface area contributed by atoms with Gasteiger partial charge in [-0.05, 0) is 18.6 Å². The Morgan fingerprint density at radius 2 is 2.24 bits per heavy atom. The second kappa shape index (κ2) is 6.20. The van der Waals surface area contributed by atoms with E-state index in [0.717, 1.165) is 0 Å². The molecular formula is C11H13ClN2O3. The van der Waals surface area contributed by atoms with Crippen molar-refractivity contribution in [2.75, 3.05) is 0 Å². The molecule has 1 aromatic heterocycles. The Balaban J connectivity index is 2.70. The van der Waals surface area contributed by atoms with Crippen LogP contribution in [0.4, 0.5) is 0 Å². The maximum Gasteiger partial charge on any atom is 0.326 e. The van der Waals surface area contributed by atoms with Crippen molar-refractivity contribution in [3.63, 3.8) is 0 Å². The first-order valence-electron chi connectivity index (χ1n) is 5.19. The highest BCUT2D eigenvalue weighted by atomic mass is 35.5. The highest BCUT2D eigenvalue weighted by Crippen LogP contribution is 2.06. The lowest BCUT2D eigenvalue weighted by molar-refractivity contribution is -0.139. The summed E-state index contributed by atoms with van der Waals surface area (Å²) in [6, 6.07) is 2.10. The van der Waals surface area contributed by atoms with E-state index < -0.39 is 17.9 Å². The maximum absolute atomic E-state index is 11.7. The first kappa shape index (κ1) is 13.4. The molecule has 0 radical (unpaired) electrons. The van der Waals surface area contributed by atoms with Crippen molar-refractivity contribution in [1.82, 2.24) is 10.3 Å². The summed E-state index contributed by atoms with van der Waals surface area (Å²) in [7, 11) is 0. The lowest BCUT2D eigenvalue weighted by Crippen LogP contribution is -2.40. The number of pyridine rings is 1. The van der Waals surface area contributed by atoms with Crippen LogP contribution >= 0.6 is 11.6 Å². The van der Waals surface area contributed by atoms with Crippen LogP contribution in [-0.2, 0) is 4.79 Å². The fourth-order valence-electron chi connectivity index (χ4n) is 1.30. The molecule has 0 aliphatic carbocycles. The predicted molar refractivity (Wildman–Crippen MR) is 63.0 cm³/mol. The summed E-state index contributed by atoms with van der Waals surface area (Å²) in [6.07, 6.45) is 2.38. The van der Waals surface area contributed by atoms with Crippen molar-refractivity contribution in [1.29, 1.82) is 0 Å². The van der Waals surface area contributed by atoms with Crippen molar-refractivity contribution in [2.24, 2.45) is 0 Å². The Morgan fingerprint density at radius 3 is 2.71 bits per heavy atom. The summed E-state index contributed by atoms with van der Waals surface area (Å²) in [6.45, 7) is 1.85. The van der Waals surface area contributed by atoms with E-state index >= 15 is 0 Å². The molecule has 0 fully saturated rings. The van der Waals surface area contributed by atoms with Gasteiger partial charge in [-0.1, -0.05) is 24.9 Å². The zero-order chi connectivity index (χ0) is 12.8. The molecule has 1 atom stereocenters. The van der Waals surface area contributed by atoms with Gasteiger partial charge in [0.25, 0.3) is 5.91 Å². The number of carbonyl (C=O) groups is 2. The van der Waals surface area contributed by atoms with E-state index in [0.29, 0.717) is 12.8 Å². The van der Waals surface area contributed by atoms with E-state index in [9.17, 15) is 9.59 Å². The van der Waals surface area contributed by atoms with Crippen LogP contribution in [0.5, 0.6) is 0 Å². The van der Waals surface area contributed by atoms with Gasteiger partial charge < -0.3 is 10.4 Å². The summed E-state index contributed by atoms with van der Waals surface area (Å²) >= 11 is 5.59. The Bertz CT molecular complexity index is 406. The minimum Gasteiger partial charge on any atom is -0.480 e. The average molecular weight is 257 g/mol. The summed E-state index contributed by atoms with van der Waals surface area (Å²) in [5.41, 5.74) is 0.289. The minimum absolute atomic E-state index is 0.282. The Labute approximate surface area is 104 Å². The van der Waals surface area contributed by atoms with Crippen molar-refractivity contribution in [3.05, 3.63) is 29.0 Å². The number of aliphatic carboxylic acids is 1. The van der Waals surface area contributed by atoms with Gasteiger partial charge in [0.15, 0.2) is 0 Å². The number of hydrogen-bond acceptors (Lipinski definition) is 3. The fraction of sp³-hybridized carbons (Fsp3) is 0.364. The second-order valence-corrected chi connectivity index (χ2v) is 3.91. The van der Waals surface area contributed by atoms with Gasteiger partial charge in [-0.2, -0.15) is 0 Å². The smallest absolute Gasteiger partial charge is 0.326 e. The molecule has 0 aromatic carbocycles. The molecule has 0 saturated heterocycles. The van der Waals surface area contributed by atoms with Gasteiger partial charge >= 0.3 is 5.97 Å². The summed E-state index contributed by atoms with van der Waals surface area (Å²) < 4.78 is 0. The number of rotatable bonds is 5. The molecule has 0 saturated carbocycles. The molecule has 0 aliphatic heterocycles. The normalized spacial score (nSPS) is 11.9. The largest absolute Gasteiger partial charge is 0.480 e. The summed E-state index contributed by atoms with van der Waals surface area (Å²) in [5.74, 6) is -1.50. The molecule has 1 aromatic rings. The molecular weight excluding hydrogens is 244 g/mol. The Kier molecular flexibility index (Phi) is 4.90. The van der Waals surface area contributed by atoms with Crippen LogP contribution in [-0.4, -0.2) is 28.0 Å². The molecule has 92 valence electrons. The second-order valence-electron chi connectivity index (χ2n) is 3.52. The van der Waals surface area contributed by atoms with Gasteiger partial charge in [0.1, 0.15) is 11.2 Å². The van der Waals surface area contributed by atoms with Crippen molar-refractivity contribution in [2.45, 2.75) is 25.8 Å². The number of carboxylic acids is 1. The zero-order valence-corrected chi connectivity index (χ0v) is 10.1. The van der Waals surface area contributed by atoms with Crippen molar-refractivity contribution in [3.8, 4) is 0 Å². The average Bonchev–Trinajstić information content (AvgIpc) is 2.29. The van der Waals surface area contributed by atoms with Crippen LogP contribution in [0.3, 0.4) is 0 Å². The van der Waals surface area contributed by atoms with Crippen molar-refractivity contribution >= 4 is 23.5 Å². The molecule has 0 aliphatic rings. The number of hydrogen-bond donors (Lipinski definition) is 2. The number of nitrogens with one attached hydrogen (secondary N) is 1. The van der Waals surface area contributed by atoms with Crippen LogP contribution in [0.15, 0.2) is 18.3 Å². The summed E-state index contributed by atoms with van der Waals surface area (Å²) in [5, 5.41) is 11.6. The molecule has 5 nitrogen and oxygen atoms in total. The molecule has 6 heteroatoms. The number of halogens is 1. The first-order chi connectivity index (χ1) is 8.04. The SMILES string of the molecule is CCC[C@@H](NC(=O)c1ccc(Cl)nc1)C(=O)O. The number of aromatic nitrogens is 1. The molecule has 0 bridgehead atoms. The Morgan fingerprint density at radius 1 is 1.53 bits per heavy atom. The van der Waals surface area contributed by atoms with Crippen LogP contribution in [0.2, 0.25) is 5.15 Å². The number of carboxylic acid groups (broad SMARTS) is 1. The quantitative estimate of drug-likeness (QED) is 0.786. The number of nitrogens with zero attached hydrogens (tertiary/aromatic N) is 1. The van der Waals surface area contributed by atoms with Crippen LogP contribution in [0.25, 0.3) is 0 Å². The van der Waals surface area contributed by atoms with Gasteiger partial charge in [-0.25, -0.2) is 9.78 Å². The third kappa shape index (κ3) is 4.03. The lowest BCUT2D eigenvalue weighted by Gasteiger charge is -2.13. The van der Waals surface area contributed by atoms with Gasteiger partial charge in [0.05, 0.1) is 5.56 Å². The minimum atomic E-state index is -1.04. The van der Waals surface area contributed by atoms with Crippen LogP contribution in [0, 0.1) is 0 Å². The molecule has 1 heterocycles. The maximum atomic E-state index is 11.7. The number of carbonyl (C=O) groups excluding carboxylic acids is 1. The van der Waals surface area contributed by atoms with E-state index in [-0.39, 0.29) is 10.7 Å². The van der Waals surface area contributed by atoms with Gasteiger partial charge in [0.2, 0.25) is 0 Å². The first-order valence-corrected chi connectivity index (χ1v) is 5.57. The molecule has 0 spiro atoms. The molecule has 2 N–H and O–H groups in total. The Hall–Kier alpha value is -1.62. The molecule has 17 heavy (non-hydrogen) atoms. The monoisotopic (exact) mass is 256 g/mol. The molecule has 0 unspecified atom stereocenters. The van der Waals surface area contributed by atoms with Crippen LogP contribution in [0.1, 0.15) is 30.1 Å². The zero-order valence-electron chi connectivity index (χ0n) is 9.31. The van der Waals surface area contributed by atoms with Gasteiger partial charge in [-0.15, -0.1) is 0 Å². The van der Waals surface area contributed by atoms with E-state index in [1.54, 1.807) is 0 Å². The van der Waals surface area contributed by atoms with Crippen LogP contribution < -0.4 is 5.32 Å². The van der Waals surface area contributed by atoms with E-state index in [2.05, 4.69) is 10.3 Å². The van der Waals surface area contributed by atoms with Gasteiger partial charge in [-0.3, -0.25) is 4.79 Å².